The lowest BCUT2D eigenvalue weighted by Crippen LogP contribution is -2.22. The van der Waals surface area contributed by atoms with E-state index in [2.05, 4.69) is 0 Å². The first kappa shape index (κ1) is 16.0. The Morgan fingerprint density at radius 1 is 1.58 bits per heavy atom. The summed E-state index contributed by atoms with van der Waals surface area (Å²) in [6, 6.07) is 2.44. The molecule has 0 aliphatic rings. The number of benzene rings is 1. The molecule has 2 unspecified atom stereocenters. The molecule has 0 aromatic heterocycles. The highest BCUT2D eigenvalue weighted by atomic mass is 35.5. The highest BCUT2D eigenvalue weighted by molar-refractivity contribution is 7.61. The van der Waals surface area contributed by atoms with Gasteiger partial charge in [-0.05, 0) is 25.5 Å². The number of nitrogens with two attached hydrogens (primary N) is 2. The molecule has 0 heterocycles. The molecule has 2 atom stereocenters. The third-order valence-electron chi connectivity index (χ3n) is 2.59. The van der Waals surface area contributed by atoms with E-state index >= 15 is 0 Å². The molecule has 5 N–H and O–H groups in total. The summed E-state index contributed by atoms with van der Waals surface area (Å²) in [5.41, 5.74) is 10.5. The molecular weight excluding hydrogens is 291 g/mol. The molecule has 0 saturated carbocycles. The normalized spacial score (nSPS) is 15.8. The van der Waals surface area contributed by atoms with Crippen molar-refractivity contribution in [2.45, 2.75) is 26.4 Å². The van der Waals surface area contributed by atoms with Crippen LogP contribution in [0.5, 0.6) is 0 Å². The zero-order chi connectivity index (χ0) is 14.8. The fourth-order valence-electron chi connectivity index (χ4n) is 1.42. The summed E-state index contributed by atoms with van der Waals surface area (Å²) in [7, 11) is -4.17. The van der Waals surface area contributed by atoms with Crippen molar-refractivity contribution in [3.8, 4) is 0 Å². The van der Waals surface area contributed by atoms with Crippen LogP contribution in [0.25, 0.3) is 0 Å². The lowest BCUT2D eigenvalue weighted by molar-refractivity contribution is 0.100. The van der Waals surface area contributed by atoms with Crippen molar-refractivity contribution in [1.29, 1.82) is 0 Å². The lowest BCUT2D eigenvalue weighted by atomic mass is 10.2. The molecule has 0 fully saturated rings. The summed E-state index contributed by atoms with van der Waals surface area (Å²) in [6.45, 7) is 3.46. The predicted octanol–water partition coefficient (Wildman–Crippen LogP) is 1.65. The number of carbonyl (C=O) groups excluding carboxylic acids is 1. The molecule has 8 heteroatoms. The fraction of sp³-hybridized carbons (Fsp3) is 0.364. The molecule has 1 amide bonds. The monoisotopic (exact) mass is 306 g/mol. The van der Waals surface area contributed by atoms with Gasteiger partial charge in [-0.15, -0.1) is 0 Å². The first-order chi connectivity index (χ1) is 8.69. The van der Waals surface area contributed by atoms with E-state index in [9.17, 15) is 14.3 Å². The van der Waals surface area contributed by atoms with E-state index in [4.69, 9.17) is 27.6 Å². The van der Waals surface area contributed by atoms with Crippen molar-refractivity contribution in [3.63, 3.8) is 0 Å². The van der Waals surface area contributed by atoms with Crippen molar-refractivity contribution in [3.05, 3.63) is 22.7 Å². The molecule has 1 aromatic rings. The number of carbonyl (C=O) groups is 1. The molecule has 0 spiro atoms. The SMILES string of the molecule is CCC(C)OP(=O)(O)c1cc(Cl)cc(C(N)=O)c1N. The smallest absolute Gasteiger partial charge is 0.361 e. The van der Waals surface area contributed by atoms with Gasteiger partial charge < -0.3 is 20.9 Å². The van der Waals surface area contributed by atoms with E-state index in [0.29, 0.717) is 6.42 Å². The largest absolute Gasteiger partial charge is 0.397 e. The van der Waals surface area contributed by atoms with E-state index in [1.54, 1.807) is 13.8 Å². The van der Waals surface area contributed by atoms with Gasteiger partial charge >= 0.3 is 7.60 Å². The topological polar surface area (TPSA) is 116 Å². The maximum absolute atomic E-state index is 12.2. The Bertz CT molecular complexity index is 550. The third-order valence-corrected chi connectivity index (χ3v) is 4.43. The van der Waals surface area contributed by atoms with Crippen molar-refractivity contribution in [1.82, 2.24) is 0 Å². The molecule has 0 saturated heterocycles. The highest BCUT2D eigenvalue weighted by Crippen LogP contribution is 2.45. The van der Waals surface area contributed by atoms with Crippen LogP contribution >= 0.6 is 19.2 Å². The molecule has 1 aromatic carbocycles. The number of nitrogen functional groups attached to an aromatic ring is 1. The first-order valence-corrected chi connectivity index (χ1v) is 7.55. The van der Waals surface area contributed by atoms with Gasteiger partial charge in [0.25, 0.3) is 5.91 Å². The minimum atomic E-state index is -4.17. The van der Waals surface area contributed by atoms with Gasteiger partial charge in [0.2, 0.25) is 0 Å². The minimum absolute atomic E-state index is 0.0834. The number of anilines is 1. The first-order valence-electron chi connectivity index (χ1n) is 5.59. The Balaban J connectivity index is 3.34. The Labute approximate surface area is 116 Å². The molecule has 6 nitrogen and oxygen atoms in total. The van der Waals surface area contributed by atoms with E-state index < -0.39 is 19.6 Å². The van der Waals surface area contributed by atoms with Gasteiger partial charge in [-0.3, -0.25) is 9.36 Å². The summed E-state index contributed by atoms with van der Waals surface area (Å²) in [4.78, 5) is 21.1. The quantitative estimate of drug-likeness (QED) is 0.565. The molecule has 106 valence electrons. The van der Waals surface area contributed by atoms with Crippen molar-refractivity contribution >= 4 is 36.1 Å². The maximum Gasteiger partial charge on any atom is 0.361 e. The predicted molar refractivity (Wildman–Crippen MR) is 74.7 cm³/mol. The van der Waals surface area contributed by atoms with E-state index in [1.165, 1.54) is 12.1 Å². The zero-order valence-corrected chi connectivity index (χ0v) is 12.2. The standard InChI is InChI=1S/C11H16ClN2O4P/c1-3-6(2)18-19(16,17)9-5-7(12)4-8(10(9)13)11(14)15/h4-6H,3,13H2,1-2H3,(H2,14,15)(H,16,17). The van der Waals surface area contributed by atoms with Gasteiger partial charge in [0.05, 0.1) is 22.7 Å². The van der Waals surface area contributed by atoms with Crippen LogP contribution < -0.4 is 16.8 Å². The number of amides is 1. The van der Waals surface area contributed by atoms with E-state index in [-0.39, 0.29) is 21.6 Å². The van der Waals surface area contributed by atoms with Crippen LogP contribution in [0.3, 0.4) is 0 Å². The molecule has 0 aliphatic carbocycles. The van der Waals surface area contributed by atoms with Gasteiger partial charge in [0, 0.05) is 5.02 Å². The second-order valence-corrected chi connectivity index (χ2v) is 6.26. The van der Waals surface area contributed by atoms with Gasteiger partial charge in [-0.1, -0.05) is 18.5 Å². The average Bonchev–Trinajstić information content (AvgIpc) is 2.30. The summed E-state index contributed by atoms with van der Waals surface area (Å²) >= 11 is 5.79. The van der Waals surface area contributed by atoms with E-state index in [1.807, 2.05) is 0 Å². The molecule has 0 aliphatic heterocycles. The number of hydrogen-bond donors (Lipinski definition) is 3. The van der Waals surface area contributed by atoms with Gasteiger partial charge in [0.1, 0.15) is 0 Å². The Kier molecular flexibility index (Phi) is 4.98. The molecule has 19 heavy (non-hydrogen) atoms. The Hall–Kier alpha value is -1.07. The van der Waals surface area contributed by atoms with Crippen molar-refractivity contribution < 1.29 is 18.8 Å². The Morgan fingerprint density at radius 3 is 2.63 bits per heavy atom. The maximum atomic E-state index is 12.2. The number of halogens is 1. The number of hydrogen-bond acceptors (Lipinski definition) is 4. The summed E-state index contributed by atoms with van der Waals surface area (Å²) in [6.07, 6.45) is 0.111. The highest BCUT2D eigenvalue weighted by Gasteiger charge is 2.30. The van der Waals surface area contributed by atoms with Crippen LogP contribution in [0.1, 0.15) is 30.6 Å². The van der Waals surface area contributed by atoms with Crippen molar-refractivity contribution in [2.24, 2.45) is 5.73 Å². The zero-order valence-electron chi connectivity index (χ0n) is 10.6. The van der Waals surface area contributed by atoms with Crippen LogP contribution in [0, 0.1) is 0 Å². The van der Waals surface area contributed by atoms with Gasteiger partial charge in [-0.2, -0.15) is 0 Å². The summed E-state index contributed by atoms with van der Waals surface area (Å²) in [5, 5.41) is -0.130. The van der Waals surface area contributed by atoms with Crippen LogP contribution in [0.15, 0.2) is 12.1 Å². The average molecular weight is 307 g/mol. The Morgan fingerprint density at radius 2 is 2.16 bits per heavy atom. The number of rotatable bonds is 5. The third kappa shape index (κ3) is 3.70. The second-order valence-electron chi connectivity index (χ2n) is 4.10. The number of primary amides is 1. The molecule has 0 bridgehead atoms. The molecular formula is C11H16ClN2O4P. The molecule has 1 rings (SSSR count). The van der Waals surface area contributed by atoms with E-state index in [0.717, 1.165) is 0 Å². The summed E-state index contributed by atoms with van der Waals surface area (Å²) in [5.74, 6) is -0.829. The van der Waals surface area contributed by atoms with Crippen LogP contribution in [0.2, 0.25) is 5.02 Å². The fourth-order valence-corrected chi connectivity index (χ4v) is 3.19. The van der Waals surface area contributed by atoms with Crippen LogP contribution in [0.4, 0.5) is 5.69 Å². The van der Waals surface area contributed by atoms with Crippen LogP contribution in [-0.4, -0.2) is 16.9 Å². The van der Waals surface area contributed by atoms with Crippen molar-refractivity contribution in [2.75, 3.05) is 5.73 Å². The lowest BCUT2D eigenvalue weighted by Gasteiger charge is -2.19. The van der Waals surface area contributed by atoms with Gasteiger partial charge in [-0.25, -0.2) is 0 Å². The second kappa shape index (κ2) is 5.92. The molecule has 0 radical (unpaired) electrons. The minimum Gasteiger partial charge on any atom is -0.397 e. The van der Waals surface area contributed by atoms with Gasteiger partial charge in [0.15, 0.2) is 0 Å². The summed E-state index contributed by atoms with van der Waals surface area (Å²) < 4.78 is 17.2. The van der Waals surface area contributed by atoms with Crippen LogP contribution in [-0.2, 0) is 9.09 Å².